The van der Waals surface area contributed by atoms with Crippen LogP contribution in [0.5, 0.6) is 0 Å². The number of hydrogen-bond donors (Lipinski definition) is 0. The van der Waals surface area contributed by atoms with Crippen LogP contribution < -0.4 is 0 Å². The molecule has 0 amide bonds. The van der Waals surface area contributed by atoms with Gasteiger partial charge in [-0.05, 0) is 0 Å². The van der Waals surface area contributed by atoms with E-state index in [9.17, 15) is 4.20 Å². The van der Waals surface area contributed by atoms with Crippen LogP contribution in [0, 0.1) is 0 Å². The molecule has 0 radical (unpaired) electrons. The van der Waals surface area contributed by atoms with Crippen molar-refractivity contribution in [1.29, 1.82) is 1.28 Å². The van der Waals surface area contributed by atoms with Crippen molar-refractivity contribution in [2.24, 2.45) is 0 Å². The van der Waals surface area contributed by atoms with Gasteiger partial charge in [-0.2, -0.15) is 0 Å². The summed E-state index contributed by atoms with van der Waals surface area (Å²) in [5.41, 5.74) is 0. The second kappa shape index (κ2) is 2.21. The van der Waals surface area contributed by atoms with E-state index in [2.05, 4.69) is 0 Å². The number of rotatable bonds is 0. The van der Waals surface area contributed by atoms with Crippen LogP contribution in [0.2, 0.25) is 0 Å². The minimum atomic E-state index is -3.36. The summed E-state index contributed by atoms with van der Waals surface area (Å²) < 4.78 is 15.5. The third kappa shape index (κ3) is 25.6. The van der Waals surface area contributed by atoms with E-state index in [1.165, 1.54) is 50.7 Å². The van der Waals surface area contributed by atoms with Gasteiger partial charge in [-0.15, -0.1) is 0 Å². The van der Waals surface area contributed by atoms with E-state index in [1.54, 1.807) is 0 Å². The van der Waals surface area contributed by atoms with E-state index >= 15 is 0 Å². The van der Waals surface area contributed by atoms with Crippen molar-refractivity contribution in [3.05, 3.63) is 0 Å². The van der Waals surface area contributed by atoms with Gasteiger partial charge in [0, 0.05) is 0 Å². The van der Waals surface area contributed by atoms with Crippen LogP contribution in [-0.2, 0) is 0 Å². The van der Waals surface area contributed by atoms with Gasteiger partial charge in [0.05, 0.1) is 0 Å². The Balaban J connectivity index is 3.73. The molecule has 0 nitrogen and oxygen atoms in total. The predicted molar refractivity (Wildman–Crippen MR) is 43.4 cm³/mol. The van der Waals surface area contributed by atoms with Gasteiger partial charge in [-0.25, -0.2) is 0 Å². The average molecular weight is 322 g/mol. The standard InChI is InChI=1S/CH4FI2P/c1-5(2,3)4/h5H,1H3/i5T. The van der Waals surface area contributed by atoms with Gasteiger partial charge in [0.25, 0.3) is 0 Å². The Bertz CT molecular complexity index is 46.7. The summed E-state index contributed by atoms with van der Waals surface area (Å²) in [4.78, 5) is 0. The minimum absolute atomic E-state index is 1.31. The zero-order chi connectivity index (χ0) is 5.45. The van der Waals surface area contributed by atoms with Gasteiger partial charge in [-0.3, -0.25) is 0 Å². The van der Waals surface area contributed by atoms with Crippen LogP contribution in [0.4, 0.5) is 4.20 Å². The number of halogens is 3. The summed E-state index contributed by atoms with van der Waals surface area (Å²) in [5.74, 6) is 0. The van der Waals surface area contributed by atoms with Gasteiger partial charge >= 0.3 is 59.0 Å². The average Bonchev–Trinajstić information content (AvgIpc) is 0.650. The first kappa shape index (κ1) is 4.97. The quantitative estimate of drug-likeness (QED) is 0.475. The van der Waals surface area contributed by atoms with E-state index in [0.29, 0.717) is 0 Å². The molecular weight excluding hydrogens is 316 g/mol. The summed E-state index contributed by atoms with van der Waals surface area (Å²) in [6, 6.07) is 0. The molecule has 0 aliphatic carbocycles. The molecule has 0 heterocycles. The maximum atomic E-state index is 12.1. The molecule has 0 atom stereocenters. The van der Waals surface area contributed by atoms with Gasteiger partial charge in [-0.1, -0.05) is 0 Å². The Morgan fingerprint density at radius 1 is 2.00 bits per heavy atom. The molecule has 0 aliphatic rings. The Labute approximate surface area is 58.6 Å². The topological polar surface area (TPSA) is 0 Å². The molecule has 0 N–H and O–H groups in total. The first-order valence-electron chi connectivity index (χ1n) is 1.40. The van der Waals surface area contributed by atoms with Crippen molar-refractivity contribution in [2.75, 3.05) is 6.66 Å². The van der Waals surface area contributed by atoms with Gasteiger partial charge in [0.1, 0.15) is 0 Å². The number of hydrogen-bond acceptors (Lipinski definition) is 0. The fourth-order valence-electron chi connectivity index (χ4n) is 0. The fraction of sp³-hybridized carbons (Fsp3) is 1.00. The summed E-state index contributed by atoms with van der Waals surface area (Å²) in [6.45, 7) is 1.31. The zero-order valence-corrected chi connectivity index (χ0v) is 7.79. The van der Waals surface area contributed by atoms with Crippen LogP contribution in [0.25, 0.3) is 0 Å². The van der Waals surface area contributed by atoms with E-state index < -0.39 is 2.80 Å². The van der Waals surface area contributed by atoms with E-state index in [1.807, 2.05) is 0 Å². The molecule has 0 fully saturated rings. The molecule has 0 spiro atoms. The van der Waals surface area contributed by atoms with Crippen LogP contribution >= 0.6 is 46.9 Å². The molecule has 34 valence electrons. The van der Waals surface area contributed by atoms with E-state index in [4.69, 9.17) is 1.28 Å². The monoisotopic (exact) mass is 322 g/mol. The van der Waals surface area contributed by atoms with Gasteiger partial charge < -0.3 is 0 Å². The summed E-state index contributed by atoms with van der Waals surface area (Å²) in [6.07, 6.45) is 0. The second-order valence-electron chi connectivity index (χ2n) is 0.699. The first-order valence-corrected chi connectivity index (χ1v) is 8.65. The normalized spacial score (nSPS) is 23.2. The van der Waals surface area contributed by atoms with Crippen LogP contribution in [0.15, 0.2) is 0 Å². The van der Waals surface area contributed by atoms with Crippen molar-refractivity contribution in [2.45, 2.75) is 0 Å². The Hall–Kier alpha value is 1.82. The molecule has 0 aliphatic heterocycles. The van der Waals surface area contributed by atoms with Crippen molar-refractivity contribution in [3.63, 3.8) is 0 Å². The van der Waals surface area contributed by atoms with Crippen molar-refractivity contribution in [3.8, 4) is 0 Å². The molecule has 0 aromatic rings. The molecule has 0 aromatic carbocycles. The zero-order valence-electron chi connectivity index (χ0n) is 3.58. The van der Waals surface area contributed by atoms with Crippen molar-refractivity contribution < 1.29 is 4.20 Å². The maximum absolute atomic E-state index is 12.1. The van der Waals surface area contributed by atoms with Crippen LogP contribution in [-0.4, -0.2) is 7.94 Å². The third-order valence-corrected chi connectivity index (χ3v) is 0. The molecular formula is CH4FI2P. The fourth-order valence-corrected chi connectivity index (χ4v) is 0. The third-order valence-electron chi connectivity index (χ3n) is 0. The molecule has 5 heavy (non-hydrogen) atoms. The van der Waals surface area contributed by atoms with Crippen LogP contribution in [0.1, 0.15) is 0 Å². The van der Waals surface area contributed by atoms with Crippen LogP contribution in [0.3, 0.4) is 0 Å². The Morgan fingerprint density at radius 3 is 2.00 bits per heavy atom. The summed E-state index contributed by atoms with van der Waals surface area (Å²) in [7, 11) is 0. The molecule has 0 rings (SSSR count). The Kier molecular flexibility index (Phi) is 2.20. The second-order valence-corrected chi connectivity index (χ2v) is 18.5. The summed E-state index contributed by atoms with van der Waals surface area (Å²) >= 11 is 3.06. The van der Waals surface area contributed by atoms with Crippen molar-refractivity contribution in [1.82, 2.24) is 0 Å². The molecule has 0 saturated heterocycles. The SMILES string of the molecule is [3H]P(C)(F)(I)I. The summed E-state index contributed by atoms with van der Waals surface area (Å²) in [5, 5.41) is 0. The molecule has 0 aromatic heterocycles. The molecule has 0 saturated carbocycles. The van der Waals surface area contributed by atoms with E-state index in [-0.39, 0.29) is 0 Å². The predicted octanol–water partition coefficient (Wildman–Crippen LogP) is 2.95. The van der Waals surface area contributed by atoms with Gasteiger partial charge in [0.15, 0.2) is 0 Å². The van der Waals surface area contributed by atoms with E-state index in [0.717, 1.165) is 0 Å². The molecule has 0 unspecified atom stereocenters. The van der Waals surface area contributed by atoms with Crippen molar-refractivity contribution >= 4 is 46.9 Å². The molecule has 4 heteroatoms. The molecule has 0 bridgehead atoms. The Morgan fingerprint density at radius 2 is 2.00 bits per heavy atom. The first-order chi connectivity index (χ1) is 2.24. The van der Waals surface area contributed by atoms with Gasteiger partial charge in [0.2, 0.25) is 0 Å².